The molecule has 0 aliphatic rings. The highest BCUT2D eigenvalue weighted by atomic mass is 32.1. The molecular formula is C21H31N5OS. The van der Waals surface area contributed by atoms with Gasteiger partial charge in [-0.3, -0.25) is 4.79 Å². The van der Waals surface area contributed by atoms with Crippen LogP contribution in [0.5, 0.6) is 0 Å². The number of para-hydroxylation sites is 1. The SMILES string of the molecule is CCCN(CCC(=O)Nc1c(S)nc(C)nc1N(CC)CC)c1ccccc1. The summed E-state index contributed by atoms with van der Waals surface area (Å²) in [4.78, 5) is 25.9. The monoisotopic (exact) mass is 401 g/mol. The van der Waals surface area contributed by atoms with Crippen molar-refractivity contribution < 1.29 is 4.79 Å². The van der Waals surface area contributed by atoms with Gasteiger partial charge in [-0.2, -0.15) is 0 Å². The van der Waals surface area contributed by atoms with Gasteiger partial charge >= 0.3 is 0 Å². The molecule has 0 bridgehead atoms. The number of hydrogen-bond donors (Lipinski definition) is 2. The molecular weight excluding hydrogens is 370 g/mol. The number of amides is 1. The number of thiol groups is 1. The first-order chi connectivity index (χ1) is 13.5. The number of carbonyl (C=O) groups excluding carboxylic acids is 1. The molecule has 0 radical (unpaired) electrons. The second-order valence-electron chi connectivity index (χ2n) is 6.59. The molecule has 2 rings (SSSR count). The maximum Gasteiger partial charge on any atom is 0.226 e. The van der Waals surface area contributed by atoms with Gasteiger partial charge < -0.3 is 15.1 Å². The second kappa shape index (κ2) is 10.9. The number of hydrogen-bond acceptors (Lipinski definition) is 6. The molecule has 28 heavy (non-hydrogen) atoms. The minimum atomic E-state index is -0.0619. The Morgan fingerprint density at radius 1 is 1.04 bits per heavy atom. The molecule has 1 amide bonds. The van der Waals surface area contributed by atoms with Crippen molar-refractivity contribution in [3.05, 3.63) is 36.2 Å². The lowest BCUT2D eigenvalue weighted by Gasteiger charge is -2.25. The normalized spacial score (nSPS) is 10.6. The third-order valence-corrected chi connectivity index (χ3v) is 4.86. The highest BCUT2D eigenvalue weighted by Crippen LogP contribution is 2.29. The van der Waals surface area contributed by atoms with Crippen LogP contribution in [0.2, 0.25) is 0 Å². The van der Waals surface area contributed by atoms with Crippen LogP contribution in [0, 0.1) is 6.92 Å². The van der Waals surface area contributed by atoms with Crippen molar-refractivity contribution in [3.63, 3.8) is 0 Å². The number of carbonyl (C=O) groups is 1. The van der Waals surface area contributed by atoms with E-state index in [1.165, 1.54) is 0 Å². The van der Waals surface area contributed by atoms with Gasteiger partial charge in [-0.05, 0) is 39.3 Å². The van der Waals surface area contributed by atoms with Gasteiger partial charge in [-0.15, -0.1) is 12.6 Å². The minimum Gasteiger partial charge on any atom is -0.371 e. The van der Waals surface area contributed by atoms with Gasteiger partial charge in [-0.1, -0.05) is 25.1 Å². The summed E-state index contributed by atoms with van der Waals surface area (Å²) >= 11 is 4.48. The summed E-state index contributed by atoms with van der Waals surface area (Å²) in [6.07, 6.45) is 1.41. The predicted molar refractivity (Wildman–Crippen MR) is 120 cm³/mol. The lowest BCUT2D eigenvalue weighted by Crippen LogP contribution is -2.30. The molecule has 2 aromatic rings. The van der Waals surface area contributed by atoms with Crippen molar-refractivity contribution in [1.29, 1.82) is 0 Å². The maximum absolute atomic E-state index is 12.7. The standard InChI is InChI=1S/C21H31N5OS/c1-5-14-26(17-11-9-8-10-12-17)15-13-18(27)24-19-20(25(6-2)7-3)22-16(4)23-21(19)28/h8-12H,5-7,13-15H2,1-4H3,(H,24,27)(H,22,23,28). The predicted octanol–water partition coefficient (Wildman–Crippen LogP) is 4.17. The highest BCUT2D eigenvalue weighted by Gasteiger charge is 2.18. The number of nitrogens with zero attached hydrogens (tertiary/aromatic N) is 4. The van der Waals surface area contributed by atoms with Crippen molar-refractivity contribution in [3.8, 4) is 0 Å². The van der Waals surface area contributed by atoms with Crippen LogP contribution in [-0.4, -0.2) is 42.1 Å². The first kappa shape index (κ1) is 22.0. The summed E-state index contributed by atoms with van der Waals surface area (Å²) in [7, 11) is 0. The molecule has 0 spiro atoms. The van der Waals surface area contributed by atoms with E-state index in [4.69, 9.17) is 0 Å². The molecule has 0 saturated heterocycles. The molecule has 152 valence electrons. The Kier molecular flexibility index (Phi) is 8.57. The summed E-state index contributed by atoms with van der Waals surface area (Å²) in [5.41, 5.74) is 1.72. The average Bonchev–Trinajstić information content (AvgIpc) is 2.69. The molecule has 0 aliphatic carbocycles. The molecule has 1 N–H and O–H groups in total. The van der Waals surface area contributed by atoms with Gasteiger partial charge in [0, 0.05) is 38.3 Å². The van der Waals surface area contributed by atoms with Gasteiger partial charge in [0.1, 0.15) is 16.5 Å². The lowest BCUT2D eigenvalue weighted by molar-refractivity contribution is -0.116. The van der Waals surface area contributed by atoms with Crippen molar-refractivity contribution in [2.45, 2.75) is 45.6 Å². The Morgan fingerprint density at radius 3 is 2.32 bits per heavy atom. The Balaban J connectivity index is 2.12. The van der Waals surface area contributed by atoms with Crippen LogP contribution in [-0.2, 0) is 4.79 Å². The third-order valence-electron chi connectivity index (χ3n) is 4.53. The van der Waals surface area contributed by atoms with E-state index in [1.54, 1.807) is 0 Å². The van der Waals surface area contributed by atoms with E-state index in [0.29, 0.717) is 29.5 Å². The molecule has 1 heterocycles. The molecule has 7 heteroatoms. The Bertz CT molecular complexity index is 765. The molecule has 1 aromatic carbocycles. The Morgan fingerprint density at radius 2 is 1.71 bits per heavy atom. The van der Waals surface area contributed by atoms with E-state index in [1.807, 2.05) is 25.1 Å². The van der Waals surface area contributed by atoms with Crippen LogP contribution in [0.1, 0.15) is 39.4 Å². The fraction of sp³-hybridized carbons (Fsp3) is 0.476. The summed E-state index contributed by atoms with van der Waals surface area (Å²) in [6, 6.07) is 10.2. The summed E-state index contributed by atoms with van der Waals surface area (Å²) < 4.78 is 0. The van der Waals surface area contributed by atoms with Crippen LogP contribution in [0.15, 0.2) is 35.4 Å². The molecule has 0 atom stereocenters. The number of aryl methyl sites for hydroxylation is 1. The van der Waals surface area contributed by atoms with Crippen molar-refractivity contribution >= 4 is 35.7 Å². The maximum atomic E-state index is 12.7. The molecule has 0 aliphatic heterocycles. The molecule has 0 saturated carbocycles. The number of nitrogens with one attached hydrogen (secondary N) is 1. The van der Waals surface area contributed by atoms with Gasteiger partial charge in [0.15, 0.2) is 5.82 Å². The van der Waals surface area contributed by atoms with Crippen molar-refractivity contribution in [2.75, 3.05) is 41.3 Å². The van der Waals surface area contributed by atoms with Crippen LogP contribution in [0.3, 0.4) is 0 Å². The van der Waals surface area contributed by atoms with Crippen molar-refractivity contribution in [1.82, 2.24) is 9.97 Å². The summed E-state index contributed by atoms with van der Waals surface area (Å²) in [6.45, 7) is 11.2. The fourth-order valence-corrected chi connectivity index (χ4v) is 3.42. The van der Waals surface area contributed by atoms with Gasteiger partial charge in [0.2, 0.25) is 5.91 Å². The third kappa shape index (κ3) is 5.86. The number of rotatable bonds is 10. The molecule has 0 unspecified atom stereocenters. The number of anilines is 3. The summed E-state index contributed by atoms with van der Waals surface area (Å²) in [5, 5.41) is 3.49. The van der Waals surface area contributed by atoms with Gasteiger partial charge in [0.05, 0.1) is 0 Å². The first-order valence-corrected chi connectivity index (χ1v) is 10.4. The molecule has 0 fully saturated rings. The number of benzene rings is 1. The zero-order chi connectivity index (χ0) is 20.5. The molecule has 1 aromatic heterocycles. The van der Waals surface area contributed by atoms with Crippen LogP contribution in [0.25, 0.3) is 0 Å². The minimum absolute atomic E-state index is 0.0619. The van der Waals surface area contributed by atoms with Crippen LogP contribution < -0.4 is 15.1 Å². The van der Waals surface area contributed by atoms with E-state index in [9.17, 15) is 4.79 Å². The highest BCUT2D eigenvalue weighted by molar-refractivity contribution is 7.80. The van der Waals surface area contributed by atoms with E-state index in [-0.39, 0.29) is 5.91 Å². The van der Waals surface area contributed by atoms with E-state index in [2.05, 4.69) is 70.6 Å². The second-order valence-corrected chi connectivity index (χ2v) is 7.01. The van der Waals surface area contributed by atoms with Crippen molar-refractivity contribution in [2.24, 2.45) is 0 Å². The van der Waals surface area contributed by atoms with Gasteiger partial charge in [-0.25, -0.2) is 9.97 Å². The zero-order valence-corrected chi connectivity index (χ0v) is 18.2. The topological polar surface area (TPSA) is 61.4 Å². The first-order valence-electron chi connectivity index (χ1n) is 9.92. The zero-order valence-electron chi connectivity index (χ0n) is 17.3. The quantitative estimate of drug-likeness (QED) is 0.462. The largest absolute Gasteiger partial charge is 0.371 e. The number of aromatic nitrogens is 2. The van der Waals surface area contributed by atoms with Gasteiger partial charge in [0.25, 0.3) is 0 Å². The van der Waals surface area contributed by atoms with E-state index in [0.717, 1.165) is 37.6 Å². The van der Waals surface area contributed by atoms with Crippen LogP contribution >= 0.6 is 12.6 Å². The van der Waals surface area contributed by atoms with Crippen LogP contribution in [0.4, 0.5) is 17.2 Å². The Hall–Kier alpha value is -2.28. The van der Waals surface area contributed by atoms with E-state index < -0.39 is 0 Å². The smallest absolute Gasteiger partial charge is 0.226 e. The Labute approximate surface area is 173 Å². The van der Waals surface area contributed by atoms with E-state index >= 15 is 0 Å². The summed E-state index contributed by atoms with van der Waals surface area (Å²) in [5.74, 6) is 1.31. The lowest BCUT2D eigenvalue weighted by atomic mass is 10.2. The molecule has 6 nitrogen and oxygen atoms in total. The average molecular weight is 402 g/mol. The fourth-order valence-electron chi connectivity index (χ4n) is 3.12.